The van der Waals surface area contributed by atoms with Crippen LogP contribution in [0.2, 0.25) is 0 Å². The van der Waals surface area contributed by atoms with Crippen LogP contribution in [0.25, 0.3) is 0 Å². The molecule has 6 aliphatic heterocycles. The summed E-state index contributed by atoms with van der Waals surface area (Å²) in [6.45, 7) is 10.3. The first kappa shape index (κ1) is 65.7. The number of amides is 2. The number of aliphatic hydroxyl groups is 2. The van der Waals surface area contributed by atoms with Gasteiger partial charge in [-0.25, -0.2) is 31.2 Å². The molecule has 482 valence electrons. The highest BCUT2D eigenvalue weighted by atomic mass is 32.2. The minimum Gasteiger partial charge on any atom is -0.508 e. The fraction of sp³-hybridized carbons (Fsp3) is 0.550. The van der Waals surface area contributed by atoms with Gasteiger partial charge in [0.25, 0.3) is 0 Å². The lowest BCUT2D eigenvalue weighted by Gasteiger charge is -2.31. The summed E-state index contributed by atoms with van der Waals surface area (Å²) in [6.07, 6.45) is -4.27. The predicted octanol–water partition coefficient (Wildman–Crippen LogP) is 4.69. The number of nitrogens with one attached hydrogen (secondary N) is 2. The number of hydrogen-bond acceptors (Lipinski definition) is 22. The first-order chi connectivity index (χ1) is 42.1. The molecule has 88 heavy (non-hydrogen) atoms. The molecule has 0 saturated carbocycles. The summed E-state index contributed by atoms with van der Waals surface area (Å²) in [5.41, 5.74) is 1.43. The molecule has 0 aliphatic carbocycles. The topological polar surface area (TPSA) is 321 Å². The standard InChI is InChI=1S/C32H42N2O12S.C28H36N2O10S/c1-4-40-30(36)18-42-22-7-5-21(6-8-22)13-25(33-32(37)46-29-17-43-31-24(29)11-12-41-31)26(35)16-34(15-20(2)3)47(38,39)23-9-10-27-28(14-23)45-19-44-27;1-17(2)13-30(41(34,35)20-7-8-24-25(12-20)39-16-38-24)14-23(32)22(11-18-3-5-19(31)6-4-18)29-28(33)40-26-15-37-27-21(26)9-10-36-27/h5-10,14,20,24-26,29,31,35H,4,11-13,15-19H2,1-3H3,(H,33,37);3-8,12,17,21-23,26-27,31-32H,9-11,13-16H2,1-2H3,(H,29,33)/t24-,25-,26+,29-,31+;21-,22-,23+,26-,27+/m00/s1. The third-order valence-corrected chi connectivity index (χ3v) is 19.0. The molecular weight excluding hydrogens is 1190 g/mol. The van der Waals surface area contributed by atoms with Crippen molar-refractivity contribution in [3.05, 3.63) is 96.1 Å². The molecule has 0 radical (unpaired) electrons. The zero-order valence-electron chi connectivity index (χ0n) is 49.6. The van der Waals surface area contributed by atoms with E-state index in [1.54, 1.807) is 43.3 Å². The Kier molecular flexibility index (Phi) is 22.2. The number of carbonyl (C=O) groups excluding carboxylic acids is 3. The van der Waals surface area contributed by atoms with Gasteiger partial charge in [0.15, 0.2) is 42.2 Å². The molecule has 10 rings (SSSR count). The zero-order chi connectivity index (χ0) is 62.7. The van der Waals surface area contributed by atoms with Gasteiger partial charge in [0, 0.05) is 38.3 Å². The molecule has 4 saturated heterocycles. The first-order valence-electron chi connectivity index (χ1n) is 29.3. The Labute approximate surface area is 511 Å². The molecule has 0 unspecified atom stereocenters. The van der Waals surface area contributed by atoms with Crippen LogP contribution in [0.15, 0.2) is 94.7 Å². The van der Waals surface area contributed by atoms with Crippen molar-refractivity contribution in [3.8, 4) is 34.5 Å². The van der Waals surface area contributed by atoms with Crippen LogP contribution in [-0.2, 0) is 70.8 Å². The third kappa shape index (κ3) is 16.9. The van der Waals surface area contributed by atoms with Crippen LogP contribution in [0.3, 0.4) is 0 Å². The highest BCUT2D eigenvalue weighted by Gasteiger charge is 2.46. The fourth-order valence-electron chi connectivity index (χ4n) is 10.9. The summed E-state index contributed by atoms with van der Waals surface area (Å²) in [7, 11) is -8.14. The third-order valence-electron chi connectivity index (χ3n) is 15.3. The van der Waals surface area contributed by atoms with Crippen LogP contribution in [0, 0.1) is 23.7 Å². The molecule has 0 bridgehead atoms. The predicted molar refractivity (Wildman–Crippen MR) is 310 cm³/mol. The Balaban J connectivity index is 0.000000211. The number of phenols is 1. The van der Waals surface area contributed by atoms with Crippen LogP contribution in [0.4, 0.5) is 9.59 Å². The molecule has 4 aromatic rings. The van der Waals surface area contributed by atoms with Crippen molar-refractivity contribution in [3.63, 3.8) is 0 Å². The monoisotopic (exact) mass is 1270 g/mol. The molecular formula is C60H78N4O22S2. The molecule has 6 aliphatic rings. The van der Waals surface area contributed by atoms with E-state index in [4.69, 9.17) is 56.8 Å². The Morgan fingerprint density at radius 2 is 1.02 bits per heavy atom. The van der Waals surface area contributed by atoms with Gasteiger partial charge in [-0.2, -0.15) is 8.61 Å². The summed E-state index contributed by atoms with van der Waals surface area (Å²) >= 11 is 0. The van der Waals surface area contributed by atoms with Crippen molar-refractivity contribution in [1.29, 1.82) is 0 Å². The average Bonchev–Trinajstić information content (AvgIpc) is 4.29. The number of aliphatic hydroxyl groups excluding tert-OH is 2. The molecule has 0 aromatic heterocycles. The largest absolute Gasteiger partial charge is 0.508 e. The lowest BCUT2D eigenvalue weighted by atomic mass is 10.0. The van der Waals surface area contributed by atoms with E-state index < -0.39 is 87.3 Å². The molecule has 5 N–H and O–H groups in total. The van der Waals surface area contributed by atoms with Crippen LogP contribution in [-0.4, -0.2) is 187 Å². The van der Waals surface area contributed by atoms with Gasteiger partial charge in [0.1, 0.15) is 23.7 Å². The van der Waals surface area contributed by atoms with Crippen molar-refractivity contribution in [1.82, 2.24) is 19.2 Å². The first-order valence-corrected chi connectivity index (χ1v) is 32.2. The average molecular weight is 1270 g/mol. The lowest BCUT2D eigenvalue weighted by molar-refractivity contribution is -0.145. The van der Waals surface area contributed by atoms with Crippen molar-refractivity contribution >= 4 is 38.2 Å². The van der Waals surface area contributed by atoms with Crippen molar-refractivity contribution in [2.45, 2.75) is 119 Å². The molecule has 0 spiro atoms. The van der Waals surface area contributed by atoms with Gasteiger partial charge >= 0.3 is 18.2 Å². The van der Waals surface area contributed by atoms with Crippen molar-refractivity contribution in [2.24, 2.45) is 23.7 Å². The number of hydrogen-bond donors (Lipinski definition) is 5. The second kappa shape index (κ2) is 29.7. The van der Waals surface area contributed by atoms with Crippen LogP contribution in [0.5, 0.6) is 34.5 Å². The smallest absolute Gasteiger partial charge is 0.407 e. The zero-order valence-corrected chi connectivity index (χ0v) is 51.3. The second-order valence-electron chi connectivity index (χ2n) is 22.8. The minimum atomic E-state index is -4.09. The maximum atomic E-state index is 13.9. The van der Waals surface area contributed by atoms with Gasteiger partial charge < -0.3 is 82.8 Å². The Morgan fingerprint density at radius 1 is 0.591 bits per heavy atom. The maximum absolute atomic E-state index is 13.9. The van der Waals surface area contributed by atoms with Crippen LogP contribution in [0.1, 0.15) is 58.6 Å². The maximum Gasteiger partial charge on any atom is 0.407 e. The summed E-state index contributed by atoms with van der Waals surface area (Å²) < 4.78 is 123. The van der Waals surface area contributed by atoms with E-state index in [1.807, 2.05) is 27.7 Å². The number of nitrogens with zero attached hydrogens (tertiary/aromatic N) is 2. The molecule has 4 fully saturated rings. The summed E-state index contributed by atoms with van der Waals surface area (Å²) in [6, 6.07) is 20.0. The van der Waals surface area contributed by atoms with E-state index >= 15 is 0 Å². The van der Waals surface area contributed by atoms with E-state index in [-0.39, 0.29) is 118 Å². The van der Waals surface area contributed by atoms with E-state index in [2.05, 4.69) is 10.6 Å². The molecule has 10 atom stereocenters. The highest BCUT2D eigenvalue weighted by Crippen LogP contribution is 2.38. The molecule has 26 nitrogen and oxygen atoms in total. The SMILES string of the molecule is CC(C)CN(C[C@@H](O)[C@H](Cc1ccc(O)cc1)NC(=O)O[C@H]1CO[C@H]2OCC[C@H]21)S(=O)(=O)c1ccc2c(c1)OCO2.CCOC(=O)COc1ccc(C[C@H](NC(=O)O[C@H]2CO[C@H]3OCC[C@H]32)[C@H](O)CN(CC(C)C)S(=O)(=O)c2ccc3c(c2)OCO3)cc1. The number of phenolic OH excluding ortho intramolecular Hbond substituents is 1. The van der Waals surface area contributed by atoms with Crippen molar-refractivity contribution < 1.29 is 103 Å². The number of ether oxygens (including phenoxy) is 12. The fourth-order valence-corrected chi connectivity index (χ4v) is 14.2. The second-order valence-corrected chi connectivity index (χ2v) is 26.7. The van der Waals surface area contributed by atoms with Crippen LogP contribution >= 0.6 is 0 Å². The summed E-state index contributed by atoms with van der Waals surface area (Å²) in [4.78, 5) is 37.8. The van der Waals surface area contributed by atoms with E-state index in [9.17, 15) is 46.5 Å². The van der Waals surface area contributed by atoms with Gasteiger partial charge in [-0.1, -0.05) is 52.0 Å². The normalized spacial score (nSPS) is 22.1. The Bertz CT molecular complexity index is 3230. The summed E-state index contributed by atoms with van der Waals surface area (Å²) in [5.74, 6) is 1.29. The van der Waals surface area contributed by atoms with Crippen molar-refractivity contribution in [2.75, 3.05) is 79.4 Å². The Hall–Kier alpha value is -6.73. The minimum absolute atomic E-state index is 0.00336. The number of alkyl carbamates (subject to hydrolysis) is 2. The molecule has 6 heterocycles. The van der Waals surface area contributed by atoms with Gasteiger partial charge in [-0.15, -0.1) is 0 Å². The molecule has 28 heteroatoms. The van der Waals surface area contributed by atoms with Gasteiger partial charge in [0.2, 0.25) is 33.6 Å². The number of sulfonamides is 2. The summed E-state index contributed by atoms with van der Waals surface area (Å²) in [5, 5.41) is 38.2. The van der Waals surface area contributed by atoms with E-state index in [1.165, 1.54) is 57.1 Å². The van der Waals surface area contributed by atoms with E-state index in [0.29, 0.717) is 60.4 Å². The lowest BCUT2D eigenvalue weighted by Crippen LogP contribution is -2.51. The van der Waals surface area contributed by atoms with Gasteiger partial charge in [-0.05, 0) is 104 Å². The number of esters is 1. The molecule has 2 amide bonds. The number of aromatic hydroxyl groups is 1. The number of fused-ring (bicyclic) bond motifs is 4. The van der Waals surface area contributed by atoms with Crippen LogP contribution < -0.4 is 34.3 Å². The molecule has 4 aromatic carbocycles. The highest BCUT2D eigenvalue weighted by molar-refractivity contribution is 7.89. The van der Waals surface area contributed by atoms with Gasteiger partial charge in [-0.3, -0.25) is 0 Å². The van der Waals surface area contributed by atoms with Gasteiger partial charge in [0.05, 0.1) is 79.0 Å². The van der Waals surface area contributed by atoms with E-state index in [0.717, 1.165) is 5.56 Å². The number of benzene rings is 4. The quantitative estimate of drug-likeness (QED) is 0.0420. The Morgan fingerprint density at radius 3 is 1.45 bits per heavy atom. The number of rotatable bonds is 26. The number of carbonyl (C=O) groups is 3.